The topological polar surface area (TPSA) is 66.8 Å². The van der Waals surface area contributed by atoms with E-state index in [1.807, 2.05) is 6.92 Å². The van der Waals surface area contributed by atoms with Crippen molar-refractivity contribution in [1.82, 2.24) is 0 Å². The summed E-state index contributed by atoms with van der Waals surface area (Å²) < 4.78 is 5.54. The molecule has 17 heavy (non-hydrogen) atoms. The van der Waals surface area contributed by atoms with Crippen molar-refractivity contribution in [3.05, 3.63) is 16.7 Å². The lowest BCUT2D eigenvalue weighted by Gasteiger charge is -2.15. The van der Waals surface area contributed by atoms with Gasteiger partial charge in [0.05, 0.1) is 6.61 Å². The number of phenols is 2. The Morgan fingerprint density at radius 2 is 1.82 bits per heavy atom. The van der Waals surface area contributed by atoms with Crippen molar-refractivity contribution in [2.75, 3.05) is 6.61 Å². The fourth-order valence-corrected chi connectivity index (χ4v) is 2.13. The molecule has 1 aromatic carbocycles. The van der Waals surface area contributed by atoms with Gasteiger partial charge < -0.3 is 14.9 Å². The second kappa shape index (κ2) is 3.95. The molecule has 1 heterocycles. The number of rotatable bonds is 0. The molecule has 0 bridgehead atoms. The summed E-state index contributed by atoms with van der Waals surface area (Å²) in [5, 5.41) is 19.8. The van der Waals surface area contributed by atoms with E-state index >= 15 is 0 Å². The Kier molecular flexibility index (Phi) is 2.73. The highest BCUT2D eigenvalue weighted by Gasteiger charge is 2.29. The van der Waals surface area contributed by atoms with Crippen LogP contribution < -0.4 is 4.74 Å². The summed E-state index contributed by atoms with van der Waals surface area (Å²) >= 11 is 0. The maximum Gasteiger partial charge on any atom is 0.170 e. The quantitative estimate of drug-likeness (QED) is 0.725. The molecule has 0 aliphatic carbocycles. The number of ketones is 1. The van der Waals surface area contributed by atoms with Crippen molar-refractivity contribution < 1.29 is 19.7 Å². The normalized spacial score (nSPS) is 19.5. The van der Waals surface area contributed by atoms with E-state index in [0.717, 1.165) is 0 Å². The van der Waals surface area contributed by atoms with E-state index in [0.29, 0.717) is 29.9 Å². The Morgan fingerprint density at radius 1 is 1.18 bits per heavy atom. The van der Waals surface area contributed by atoms with Crippen LogP contribution in [0, 0.1) is 19.8 Å². The Morgan fingerprint density at radius 3 is 2.47 bits per heavy atom. The molecule has 4 heteroatoms. The van der Waals surface area contributed by atoms with E-state index in [1.54, 1.807) is 13.8 Å². The molecule has 0 spiro atoms. The fraction of sp³-hybridized carbons (Fsp3) is 0.462. The van der Waals surface area contributed by atoms with Gasteiger partial charge in [0.15, 0.2) is 5.78 Å². The summed E-state index contributed by atoms with van der Waals surface area (Å²) in [4.78, 5) is 12.0. The van der Waals surface area contributed by atoms with Gasteiger partial charge in [-0.3, -0.25) is 4.79 Å². The number of phenolic OH excluding ortho intramolecular Hbond substituents is 2. The average molecular weight is 236 g/mol. The summed E-state index contributed by atoms with van der Waals surface area (Å²) in [5.74, 6) is 0.121. The van der Waals surface area contributed by atoms with Crippen molar-refractivity contribution in [2.24, 2.45) is 5.92 Å². The van der Waals surface area contributed by atoms with Crippen LogP contribution in [0.1, 0.15) is 34.8 Å². The van der Waals surface area contributed by atoms with Gasteiger partial charge >= 0.3 is 0 Å². The molecular formula is C13H16O4. The lowest BCUT2D eigenvalue weighted by atomic mass is 9.96. The lowest BCUT2D eigenvalue weighted by Crippen LogP contribution is -2.07. The third kappa shape index (κ3) is 1.73. The summed E-state index contributed by atoms with van der Waals surface area (Å²) in [6.07, 6.45) is 0.351. The zero-order chi connectivity index (χ0) is 12.7. The minimum absolute atomic E-state index is 0.0106. The number of Topliss-reactive ketones (excluding diaryl/α,β-unsaturated/α-hetero) is 1. The number of ether oxygens (including phenoxy) is 1. The number of carbonyl (C=O) groups is 1. The first-order valence-electron chi connectivity index (χ1n) is 5.64. The first-order valence-corrected chi connectivity index (χ1v) is 5.64. The Balaban J connectivity index is 2.71. The van der Waals surface area contributed by atoms with Gasteiger partial charge in [-0.1, -0.05) is 6.92 Å². The summed E-state index contributed by atoms with van der Waals surface area (Å²) in [6.45, 7) is 5.60. The fourth-order valence-electron chi connectivity index (χ4n) is 2.13. The molecule has 0 fully saturated rings. The second-order valence-electron chi connectivity index (χ2n) is 4.69. The van der Waals surface area contributed by atoms with Crippen molar-refractivity contribution in [3.8, 4) is 17.2 Å². The van der Waals surface area contributed by atoms with Gasteiger partial charge in [0.1, 0.15) is 22.8 Å². The van der Waals surface area contributed by atoms with Crippen LogP contribution in [-0.2, 0) is 0 Å². The first-order chi connectivity index (χ1) is 7.93. The molecule has 2 N–H and O–H groups in total. The Hall–Kier alpha value is -1.71. The molecule has 1 aliphatic rings. The van der Waals surface area contributed by atoms with Crippen molar-refractivity contribution in [2.45, 2.75) is 27.2 Å². The van der Waals surface area contributed by atoms with E-state index < -0.39 is 0 Å². The van der Waals surface area contributed by atoms with Gasteiger partial charge in [0.2, 0.25) is 0 Å². The summed E-state index contributed by atoms with van der Waals surface area (Å²) in [7, 11) is 0. The van der Waals surface area contributed by atoms with Gasteiger partial charge in [0, 0.05) is 17.5 Å². The minimum atomic E-state index is -0.165. The van der Waals surface area contributed by atoms with E-state index in [9.17, 15) is 15.0 Å². The van der Waals surface area contributed by atoms with E-state index in [2.05, 4.69) is 0 Å². The van der Waals surface area contributed by atoms with Crippen LogP contribution in [0.3, 0.4) is 0 Å². The van der Waals surface area contributed by atoms with Crippen LogP contribution in [0.2, 0.25) is 0 Å². The predicted molar refractivity (Wildman–Crippen MR) is 62.9 cm³/mol. The number of carbonyl (C=O) groups excluding carboxylic acids is 1. The molecule has 0 saturated heterocycles. The SMILES string of the molecule is Cc1c(O)c(C)c2c(c1O)C(=O)C[C@@H](C)CO2. The van der Waals surface area contributed by atoms with E-state index in [-0.39, 0.29) is 28.8 Å². The molecule has 4 nitrogen and oxygen atoms in total. The number of hydrogen-bond acceptors (Lipinski definition) is 4. The van der Waals surface area contributed by atoms with Crippen LogP contribution in [0.15, 0.2) is 0 Å². The van der Waals surface area contributed by atoms with Crippen LogP contribution in [-0.4, -0.2) is 22.6 Å². The van der Waals surface area contributed by atoms with Crippen molar-refractivity contribution in [1.29, 1.82) is 0 Å². The van der Waals surface area contributed by atoms with Crippen LogP contribution >= 0.6 is 0 Å². The zero-order valence-electron chi connectivity index (χ0n) is 10.2. The van der Waals surface area contributed by atoms with Crippen molar-refractivity contribution in [3.63, 3.8) is 0 Å². The van der Waals surface area contributed by atoms with E-state index in [1.165, 1.54) is 0 Å². The molecule has 2 rings (SSSR count). The largest absolute Gasteiger partial charge is 0.507 e. The third-order valence-electron chi connectivity index (χ3n) is 3.19. The maximum absolute atomic E-state index is 12.0. The van der Waals surface area contributed by atoms with Crippen LogP contribution in [0.25, 0.3) is 0 Å². The first kappa shape index (κ1) is 11.8. The van der Waals surface area contributed by atoms with Gasteiger partial charge in [-0.25, -0.2) is 0 Å². The van der Waals surface area contributed by atoms with Gasteiger partial charge in [-0.15, -0.1) is 0 Å². The van der Waals surface area contributed by atoms with Gasteiger partial charge in [-0.2, -0.15) is 0 Å². The van der Waals surface area contributed by atoms with Crippen LogP contribution in [0.5, 0.6) is 17.2 Å². The number of aromatic hydroxyl groups is 2. The maximum atomic E-state index is 12.0. The molecule has 0 saturated carbocycles. The molecule has 0 aromatic heterocycles. The zero-order valence-corrected chi connectivity index (χ0v) is 10.2. The van der Waals surface area contributed by atoms with E-state index in [4.69, 9.17) is 4.74 Å². The summed E-state index contributed by atoms with van der Waals surface area (Å²) in [5.41, 5.74) is 1.05. The predicted octanol–water partition coefficient (Wildman–Crippen LogP) is 2.32. The number of hydrogen-bond donors (Lipinski definition) is 2. The number of benzene rings is 1. The summed E-state index contributed by atoms with van der Waals surface area (Å²) in [6, 6.07) is 0. The minimum Gasteiger partial charge on any atom is -0.507 e. The average Bonchev–Trinajstić information content (AvgIpc) is 2.42. The van der Waals surface area contributed by atoms with Crippen molar-refractivity contribution >= 4 is 5.78 Å². The molecular weight excluding hydrogens is 220 g/mol. The van der Waals surface area contributed by atoms with Crippen LogP contribution in [0.4, 0.5) is 0 Å². The molecule has 1 aromatic rings. The Labute approximate surface area is 99.8 Å². The second-order valence-corrected chi connectivity index (χ2v) is 4.69. The van der Waals surface area contributed by atoms with Gasteiger partial charge in [0.25, 0.3) is 0 Å². The monoisotopic (exact) mass is 236 g/mol. The highest BCUT2D eigenvalue weighted by molar-refractivity contribution is 6.03. The standard InChI is InChI=1S/C13H16O4/c1-6-4-9(14)10-12(16)7(2)11(15)8(3)13(10)17-5-6/h6,15-16H,4-5H2,1-3H3/t6-/m1/s1. The lowest BCUT2D eigenvalue weighted by molar-refractivity contribution is 0.0964. The smallest absolute Gasteiger partial charge is 0.170 e. The molecule has 0 unspecified atom stereocenters. The molecule has 92 valence electrons. The Bertz CT molecular complexity index is 491. The number of fused-ring (bicyclic) bond motifs is 1. The molecule has 1 aliphatic heterocycles. The molecule has 1 atom stereocenters. The van der Waals surface area contributed by atoms with Gasteiger partial charge in [-0.05, 0) is 19.8 Å². The highest BCUT2D eigenvalue weighted by Crippen LogP contribution is 2.43. The molecule has 0 radical (unpaired) electrons. The highest BCUT2D eigenvalue weighted by atomic mass is 16.5. The molecule has 0 amide bonds. The third-order valence-corrected chi connectivity index (χ3v) is 3.19.